The van der Waals surface area contributed by atoms with Crippen molar-refractivity contribution in [2.75, 3.05) is 25.7 Å². The molecule has 0 saturated carbocycles. The second-order valence-electron chi connectivity index (χ2n) is 9.60. The number of anilines is 2. The van der Waals surface area contributed by atoms with Crippen LogP contribution in [0.2, 0.25) is 0 Å². The SMILES string of the molecule is COc1cc(OC)cc(N(Cc2ccn(C3CCCCO3)n2)c2ccc3ncc(-c4cnn(C)c4)nc3c2)c1. The molecule has 0 aliphatic carbocycles. The molecule has 0 bridgehead atoms. The van der Waals surface area contributed by atoms with Crippen LogP contribution in [0, 0.1) is 0 Å². The Hall–Kier alpha value is -4.44. The lowest BCUT2D eigenvalue weighted by molar-refractivity contribution is -0.0396. The van der Waals surface area contributed by atoms with Gasteiger partial charge < -0.3 is 19.1 Å². The average molecular weight is 526 g/mol. The highest BCUT2D eigenvalue weighted by Gasteiger charge is 2.19. The second-order valence-corrected chi connectivity index (χ2v) is 9.60. The van der Waals surface area contributed by atoms with Crippen molar-refractivity contribution < 1.29 is 14.2 Å². The van der Waals surface area contributed by atoms with Crippen molar-refractivity contribution in [3.05, 3.63) is 72.9 Å². The third-order valence-corrected chi connectivity index (χ3v) is 6.92. The van der Waals surface area contributed by atoms with Crippen molar-refractivity contribution in [1.82, 2.24) is 29.5 Å². The number of ether oxygens (including phenoxy) is 3. The van der Waals surface area contributed by atoms with Crippen molar-refractivity contribution >= 4 is 22.4 Å². The van der Waals surface area contributed by atoms with E-state index in [1.165, 1.54) is 0 Å². The number of hydrogen-bond donors (Lipinski definition) is 0. The molecule has 4 heterocycles. The van der Waals surface area contributed by atoms with Gasteiger partial charge in [0, 0.05) is 61.2 Å². The van der Waals surface area contributed by atoms with Crippen molar-refractivity contribution in [2.45, 2.75) is 32.0 Å². The predicted octanol–water partition coefficient (Wildman–Crippen LogP) is 5.28. The number of rotatable bonds is 8. The summed E-state index contributed by atoms with van der Waals surface area (Å²) >= 11 is 0. The zero-order valence-electron chi connectivity index (χ0n) is 22.3. The Bertz CT molecular complexity index is 1570. The van der Waals surface area contributed by atoms with Gasteiger partial charge in [-0.2, -0.15) is 10.2 Å². The Labute approximate surface area is 226 Å². The van der Waals surface area contributed by atoms with E-state index in [0.29, 0.717) is 18.0 Å². The molecule has 1 saturated heterocycles. The summed E-state index contributed by atoms with van der Waals surface area (Å²) in [6.45, 7) is 1.30. The smallest absolute Gasteiger partial charge is 0.150 e. The molecule has 0 radical (unpaired) electrons. The maximum Gasteiger partial charge on any atom is 0.150 e. The zero-order valence-corrected chi connectivity index (χ0v) is 22.3. The molecule has 1 aliphatic heterocycles. The Kier molecular flexibility index (Phi) is 6.85. The van der Waals surface area contributed by atoms with E-state index in [0.717, 1.165) is 65.2 Å². The number of aromatic nitrogens is 6. The molecule has 39 heavy (non-hydrogen) atoms. The first-order chi connectivity index (χ1) is 19.1. The van der Waals surface area contributed by atoms with E-state index in [1.807, 2.05) is 60.5 Å². The van der Waals surface area contributed by atoms with Crippen molar-refractivity contribution in [3.63, 3.8) is 0 Å². The van der Waals surface area contributed by atoms with Gasteiger partial charge in [-0.05, 0) is 43.5 Å². The van der Waals surface area contributed by atoms with Crippen LogP contribution in [-0.4, -0.2) is 50.4 Å². The molecule has 0 spiro atoms. The summed E-state index contributed by atoms with van der Waals surface area (Å²) in [5.74, 6) is 1.41. The fraction of sp³-hybridized carbons (Fsp3) is 0.310. The Morgan fingerprint density at radius 1 is 0.974 bits per heavy atom. The Balaban J connectivity index is 1.40. The van der Waals surface area contributed by atoms with Gasteiger partial charge in [-0.1, -0.05) is 0 Å². The molecule has 0 amide bonds. The summed E-state index contributed by atoms with van der Waals surface area (Å²) in [4.78, 5) is 11.7. The standard InChI is InChI=1S/C29H31N7O3/c1-34-18-20(16-31-34)28-17-30-26-8-7-22(14-27(26)32-28)35(23-12-24(37-2)15-25(13-23)38-3)19-21-9-10-36(33-21)29-6-4-5-11-39-29/h7-10,12-18,29H,4-6,11,19H2,1-3H3. The van der Waals surface area contributed by atoms with Crippen LogP contribution in [0.5, 0.6) is 11.5 Å². The molecule has 1 atom stereocenters. The molecule has 3 aromatic heterocycles. The normalized spacial score (nSPS) is 15.4. The molecular formula is C29H31N7O3. The van der Waals surface area contributed by atoms with Gasteiger partial charge in [0.25, 0.3) is 0 Å². The summed E-state index contributed by atoms with van der Waals surface area (Å²) in [7, 11) is 5.19. The summed E-state index contributed by atoms with van der Waals surface area (Å²) in [6, 6.07) is 14.0. The van der Waals surface area contributed by atoms with Gasteiger partial charge in [0.05, 0.1) is 55.6 Å². The molecule has 10 nitrogen and oxygen atoms in total. The van der Waals surface area contributed by atoms with E-state index in [4.69, 9.17) is 24.3 Å². The van der Waals surface area contributed by atoms with Crippen LogP contribution >= 0.6 is 0 Å². The third-order valence-electron chi connectivity index (χ3n) is 6.92. The molecule has 5 aromatic rings. The number of nitrogens with zero attached hydrogens (tertiary/aromatic N) is 7. The fourth-order valence-electron chi connectivity index (χ4n) is 4.86. The minimum Gasteiger partial charge on any atom is -0.497 e. The third kappa shape index (κ3) is 5.28. The lowest BCUT2D eigenvalue weighted by atomic mass is 10.1. The maximum absolute atomic E-state index is 5.94. The van der Waals surface area contributed by atoms with Gasteiger partial charge in [-0.3, -0.25) is 9.67 Å². The van der Waals surface area contributed by atoms with Crippen LogP contribution in [0.25, 0.3) is 22.3 Å². The first kappa shape index (κ1) is 24.9. The number of fused-ring (bicyclic) bond motifs is 1. The van der Waals surface area contributed by atoms with E-state index < -0.39 is 0 Å². The monoisotopic (exact) mass is 525 g/mol. The van der Waals surface area contributed by atoms with E-state index in [2.05, 4.69) is 21.0 Å². The van der Waals surface area contributed by atoms with Gasteiger partial charge in [0.15, 0.2) is 0 Å². The molecule has 200 valence electrons. The van der Waals surface area contributed by atoms with Crippen molar-refractivity contribution in [2.24, 2.45) is 7.05 Å². The lowest BCUT2D eigenvalue weighted by Crippen LogP contribution is -2.20. The van der Waals surface area contributed by atoms with Gasteiger partial charge in [-0.15, -0.1) is 0 Å². The molecule has 1 unspecified atom stereocenters. The van der Waals surface area contributed by atoms with E-state index in [-0.39, 0.29) is 6.23 Å². The van der Waals surface area contributed by atoms with E-state index in [1.54, 1.807) is 31.3 Å². The molecular weight excluding hydrogens is 494 g/mol. The van der Waals surface area contributed by atoms with Gasteiger partial charge >= 0.3 is 0 Å². The number of benzene rings is 2. The van der Waals surface area contributed by atoms with Crippen LogP contribution in [0.4, 0.5) is 11.4 Å². The quantitative estimate of drug-likeness (QED) is 0.270. The van der Waals surface area contributed by atoms with Crippen molar-refractivity contribution in [1.29, 1.82) is 0 Å². The predicted molar refractivity (Wildman–Crippen MR) is 148 cm³/mol. The number of aryl methyl sites for hydroxylation is 1. The molecule has 0 N–H and O–H groups in total. The highest BCUT2D eigenvalue weighted by molar-refractivity contribution is 5.82. The minimum absolute atomic E-state index is 0.0142. The highest BCUT2D eigenvalue weighted by atomic mass is 16.5. The number of methoxy groups -OCH3 is 2. The van der Waals surface area contributed by atoms with Crippen LogP contribution in [0.3, 0.4) is 0 Å². The van der Waals surface area contributed by atoms with E-state index in [9.17, 15) is 0 Å². The summed E-state index contributed by atoms with van der Waals surface area (Å²) in [6.07, 6.45) is 10.7. The van der Waals surface area contributed by atoms with Crippen LogP contribution in [0.15, 0.2) is 67.3 Å². The molecule has 1 fully saturated rings. The lowest BCUT2D eigenvalue weighted by Gasteiger charge is -2.26. The Morgan fingerprint density at radius 2 is 1.82 bits per heavy atom. The van der Waals surface area contributed by atoms with Crippen LogP contribution in [0.1, 0.15) is 31.2 Å². The first-order valence-electron chi connectivity index (χ1n) is 13.0. The van der Waals surface area contributed by atoms with Gasteiger partial charge in [0.1, 0.15) is 17.7 Å². The van der Waals surface area contributed by atoms with Gasteiger partial charge in [0.2, 0.25) is 0 Å². The Morgan fingerprint density at radius 3 is 2.54 bits per heavy atom. The average Bonchev–Trinajstić information content (AvgIpc) is 3.64. The molecule has 2 aromatic carbocycles. The largest absolute Gasteiger partial charge is 0.497 e. The van der Waals surface area contributed by atoms with E-state index >= 15 is 0 Å². The molecule has 1 aliphatic rings. The topological polar surface area (TPSA) is 92.4 Å². The minimum atomic E-state index is -0.0142. The fourth-order valence-corrected chi connectivity index (χ4v) is 4.86. The highest BCUT2D eigenvalue weighted by Crippen LogP contribution is 2.35. The molecule has 10 heteroatoms. The molecule has 6 rings (SSSR count). The van der Waals surface area contributed by atoms with Crippen molar-refractivity contribution in [3.8, 4) is 22.8 Å². The first-order valence-corrected chi connectivity index (χ1v) is 13.0. The summed E-state index contributed by atoms with van der Waals surface area (Å²) in [5, 5.41) is 9.15. The number of hydrogen-bond acceptors (Lipinski definition) is 8. The summed E-state index contributed by atoms with van der Waals surface area (Å²) in [5.41, 5.74) is 6.06. The summed E-state index contributed by atoms with van der Waals surface area (Å²) < 4.78 is 20.8. The maximum atomic E-state index is 5.94. The zero-order chi connectivity index (χ0) is 26.8. The van der Waals surface area contributed by atoms with Gasteiger partial charge in [-0.25, -0.2) is 9.67 Å². The van der Waals surface area contributed by atoms with Crippen LogP contribution < -0.4 is 14.4 Å². The second kappa shape index (κ2) is 10.7. The van der Waals surface area contributed by atoms with Crippen LogP contribution in [-0.2, 0) is 18.3 Å².